The number of aryl methyl sites for hydroxylation is 1. The fraction of sp³-hybridized carbons (Fsp3) is 0.320. The van der Waals surface area contributed by atoms with E-state index in [1.165, 1.54) is 5.56 Å². The van der Waals surface area contributed by atoms with E-state index in [-0.39, 0.29) is 11.9 Å². The van der Waals surface area contributed by atoms with Gasteiger partial charge in [-0.1, -0.05) is 17.7 Å². The lowest BCUT2D eigenvalue weighted by Crippen LogP contribution is -2.47. The zero-order valence-corrected chi connectivity index (χ0v) is 18.4. The minimum atomic E-state index is 0.0662. The lowest BCUT2D eigenvalue weighted by atomic mass is 10.00. The molecule has 1 aromatic heterocycles. The molecule has 0 saturated carbocycles. The van der Waals surface area contributed by atoms with Crippen LogP contribution < -0.4 is 9.64 Å². The number of hydrogen-bond acceptors (Lipinski definition) is 4. The lowest BCUT2D eigenvalue weighted by Gasteiger charge is -2.38. The van der Waals surface area contributed by atoms with Crippen molar-refractivity contribution in [1.82, 2.24) is 4.90 Å². The molecule has 0 aliphatic carbocycles. The molecule has 156 valence electrons. The molecule has 0 unspecified atom stereocenters. The summed E-state index contributed by atoms with van der Waals surface area (Å²) in [5.74, 6) is 0.864. The van der Waals surface area contributed by atoms with Crippen molar-refractivity contribution in [3.05, 3.63) is 82.0 Å². The molecule has 0 spiro atoms. The van der Waals surface area contributed by atoms with Crippen LogP contribution in [-0.2, 0) is 6.54 Å². The van der Waals surface area contributed by atoms with Crippen LogP contribution in [0.2, 0.25) is 0 Å². The maximum Gasteiger partial charge on any atom is 0.258 e. The van der Waals surface area contributed by atoms with Crippen LogP contribution in [0.1, 0.15) is 34.3 Å². The number of carbonyl (C=O) groups excluding carboxylic acids is 1. The lowest BCUT2D eigenvalue weighted by molar-refractivity contribution is 0.0958. The first-order valence-corrected chi connectivity index (χ1v) is 11.4. The number of rotatable bonds is 6. The molecule has 1 aliphatic rings. The van der Waals surface area contributed by atoms with E-state index in [0.717, 1.165) is 55.0 Å². The average molecular weight is 421 g/mol. The number of ether oxygens (including phenoxy) is 1. The van der Waals surface area contributed by atoms with E-state index in [1.54, 1.807) is 18.4 Å². The van der Waals surface area contributed by atoms with E-state index in [0.29, 0.717) is 0 Å². The zero-order valence-electron chi connectivity index (χ0n) is 17.6. The summed E-state index contributed by atoms with van der Waals surface area (Å²) >= 11 is 1.75. The van der Waals surface area contributed by atoms with Gasteiger partial charge in [0.15, 0.2) is 0 Å². The summed E-state index contributed by atoms with van der Waals surface area (Å²) in [6, 6.07) is 18.1. The third-order valence-electron chi connectivity index (χ3n) is 5.78. The monoisotopic (exact) mass is 420 g/mol. The number of benzene rings is 2. The number of likely N-dealkylation sites (tertiary alicyclic amines) is 1. The van der Waals surface area contributed by atoms with Crippen LogP contribution >= 0.6 is 11.3 Å². The Morgan fingerprint density at radius 2 is 1.77 bits per heavy atom. The largest absolute Gasteiger partial charge is 0.497 e. The van der Waals surface area contributed by atoms with Crippen LogP contribution in [0, 0.1) is 6.92 Å². The molecule has 2 heterocycles. The van der Waals surface area contributed by atoms with Gasteiger partial charge in [-0.05, 0) is 78.6 Å². The van der Waals surface area contributed by atoms with Gasteiger partial charge in [0, 0.05) is 36.9 Å². The smallest absolute Gasteiger partial charge is 0.258 e. The minimum absolute atomic E-state index is 0.0662. The normalized spacial score (nSPS) is 15.1. The number of amides is 1. The van der Waals surface area contributed by atoms with Crippen LogP contribution in [0.25, 0.3) is 0 Å². The summed E-state index contributed by atoms with van der Waals surface area (Å²) in [6.07, 6.45) is 1.93. The van der Waals surface area contributed by atoms with Crippen molar-refractivity contribution in [3.8, 4) is 5.75 Å². The van der Waals surface area contributed by atoms with Crippen molar-refractivity contribution in [3.63, 3.8) is 0 Å². The summed E-state index contributed by atoms with van der Waals surface area (Å²) in [4.78, 5) is 18.0. The standard InChI is InChI=1S/C25H28N2O2S/c1-19-3-5-21(6-4-19)25(28)27(22-7-9-24(29-2)10-8-22)23-11-14-26(15-12-23)17-20-13-16-30-18-20/h3-10,13,16,18,23H,11-12,14-15,17H2,1-2H3. The minimum Gasteiger partial charge on any atom is -0.497 e. The van der Waals surface area contributed by atoms with Crippen LogP contribution in [0.5, 0.6) is 5.75 Å². The highest BCUT2D eigenvalue weighted by Crippen LogP contribution is 2.28. The van der Waals surface area contributed by atoms with E-state index >= 15 is 0 Å². The molecule has 0 atom stereocenters. The predicted molar refractivity (Wildman–Crippen MR) is 124 cm³/mol. The summed E-state index contributed by atoms with van der Waals surface area (Å²) in [5.41, 5.74) is 4.19. The van der Waals surface area contributed by atoms with Crippen molar-refractivity contribution >= 4 is 22.9 Å². The Bertz CT molecular complexity index is 944. The van der Waals surface area contributed by atoms with Gasteiger partial charge in [0.1, 0.15) is 5.75 Å². The summed E-state index contributed by atoms with van der Waals surface area (Å²) in [5, 5.41) is 4.35. The van der Waals surface area contributed by atoms with E-state index < -0.39 is 0 Å². The molecule has 30 heavy (non-hydrogen) atoms. The molecule has 0 bridgehead atoms. The summed E-state index contributed by atoms with van der Waals surface area (Å²) in [7, 11) is 1.66. The molecule has 3 aromatic rings. The molecular weight excluding hydrogens is 392 g/mol. The van der Waals surface area contributed by atoms with Gasteiger partial charge in [0.25, 0.3) is 5.91 Å². The fourth-order valence-corrected chi connectivity index (χ4v) is 4.71. The van der Waals surface area contributed by atoms with Gasteiger partial charge in [-0.15, -0.1) is 0 Å². The molecular formula is C25H28N2O2S. The van der Waals surface area contributed by atoms with E-state index in [1.807, 2.05) is 60.4 Å². The quantitative estimate of drug-likeness (QED) is 0.537. The number of thiophene rings is 1. The molecule has 0 radical (unpaired) electrons. The highest BCUT2D eigenvalue weighted by atomic mass is 32.1. The summed E-state index contributed by atoms with van der Waals surface area (Å²) < 4.78 is 5.31. The Hall–Kier alpha value is -2.63. The number of anilines is 1. The van der Waals surface area contributed by atoms with Crippen molar-refractivity contribution in [1.29, 1.82) is 0 Å². The first-order chi connectivity index (χ1) is 14.6. The third-order valence-corrected chi connectivity index (χ3v) is 6.51. The van der Waals surface area contributed by atoms with Crippen molar-refractivity contribution in [2.45, 2.75) is 32.4 Å². The van der Waals surface area contributed by atoms with Gasteiger partial charge in [-0.25, -0.2) is 0 Å². The fourth-order valence-electron chi connectivity index (χ4n) is 4.05. The van der Waals surface area contributed by atoms with E-state index in [4.69, 9.17) is 4.74 Å². The van der Waals surface area contributed by atoms with Crippen molar-refractivity contribution < 1.29 is 9.53 Å². The number of methoxy groups -OCH3 is 1. The molecule has 1 aliphatic heterocycles. The molecule has 0 N–H and O–H groups in total. The van der Waals surface area contributed by atoms with E-state index in [2.05, 4.69) is 21.7 Å². The van der Waals surface area contributed by atoms with Gasteiger partial charge < -0.3 is 9.64 Å². The van der Waals surface area contributed by atoms with Crippen molar-refractivity contribution in [2.75, 3.05) is 25.1 Å². The number of nitrogens with zero attached hydrogens (tertiary/aromatic N) is 2. The first kappa shape index (κ1) is 20.6. The zero-order chi connectivity index (χ0) is 20.9. The van der Waals surface area contributed by atoms with Gasteiger partial charge in [-0.3, -0.25) is 9.69 Å². The predicted octanol–water partition coefficient (Wildman–Crippen LogP) is 5.38. The van der Waals surface area contributed by atoms with E-state index in [9.17, 15) is 4.79 Å². The molecule has 4 nitrogen and oxygen atoms in total. The Morgan fingerprint density at radius 3 is 2.37 bits per heavy atom. The van der Waals surface area contributed by atoms with Gasteiger partial charge in [-0.2, -0.15) is 11.3 Å². The molecule has 5 heteroatoms. The average Bonchev–Trinajstić information content (AvgIpc) is 3.29. The highest BCUT2D eigenvalue weighted by Gasteiger charge is 2.30. The van der Waals surface area contributed by atoms with Crippen LogP contribution in [0.15, 0.2) is 65.4 Å². The Kier molecular flexibility index (Phi) is 6.50. The molecule has 4 rings (SSSR count). The number of piperidine rings is 1. The first-order valence-electron chi connectivity index (χ1n) is 10.4. The Labute approximate surface area is 182 Å². The van der Waals surface area contributed by atoms with Gasteiger partial charge in [0.05, 0.1) is 7.11 Å². The third kappa shape index (κ3) is 4.74. The second-order valence-electron chi connectivity index (χ2n) is 7.88. The van der Waals surface area contributed by atoms with Crippen LogP contribution in [-0.4, -0.2) is 37.0 Å². The maximum absolute atomic E-state index is 13.5. The Morgan fingerprint density at radius 1 is 1.07 bits per heavy atom. The molecule has 1 saturated heterocycles. The van der Waals surface area contributed by atoms with Gasteiger partial charge >= 0.3 is 0 Å². The van der Waals surface area contributed by atoms with Crippen molar-refractivity contribution in [2.24, 2.45) is 0 Å². The number of carbonyl (C=O) groups is 1. The SMILES string of the molecule is COc1ccc(N(C(=O)c2ccc(C)cc2)C2CCN(Cc3ccsc3)CC2)cc1. The van der Waals surface area contributed by atoms with Crippen LogP contribution in [0.3, 0.4) is 0 Å². The molecule has 2 aromatic carbocycles. The van der Waals surface area contributed by atoms with Crippen LogP contribution in [0.4, 0.5) is 5.69 Å². The molecule has 1 fully saturated rings. The topological polar surface area (TPSA) is 32.8 Å². The second-order valence-corrected chi connectivity index (χ2v) is 8.66. The highest BCUT2D eigenvalue weighted by molar-refractivity contribution is 7.07. The summed E-state index contributed by atoms with van der Waals surface area (Å²) in [6.45, 7) is 5.02. The number of hydrogen-bond donors (Lipinski definition) is 0. The molecule has 1 amide bonds. The van der Waals surface area contributed by atoms with Gasteiger partial charge in [0.2, 0.25) is 0 Å². The maximum atomic E-state index is 13.5. The second kappa shape index (κ2) is 9.45. The Balaban J connectivity index is 1.54.